The van der Waals surface area contributed by atoms with E-state index in [4.69, 9.17) is 0 Å². The van der Waals surface area contributed by atoms with E-state index < -0.39 is 0 Å². The van der Waals surface area contributed by atoms with Gasteiger partial charge in [0.2, 0.25) is 0 Å². The first-order valence-electron chi connectivity index (χ1n) is 5.80. The molecule has 0 bridgehead atoms. The summed E-state index contributed by atoms with van der Waals surface area (Å²) >= 11 is 0. The minimum atomic E-state index is -0.138. The van der Waals surface area contributed by atoms with Crippen molar-refractivity contribution >= 4 is 11.8 Å². The van der Waals surface area contributed by atoms with E-state index in [0.717, 1.165) is 25.9 Å². The molecule has 0 unspecified atom stereocenters. The first-order valence-corrected chi connectivity index (χ1v) is 5.80. The average Bonchev–Trinajstić information content (AvgIpc) is 2.48. The molecule has 16 heavy (non-hydrogen) atoms. The number of hydrogen-bond donors (Lipinski definition) is 0. The Morgan fingerprint density at radius 1 is 1.31 bits per heavy atom. The van der Waals surface area contributed by atoms with Gasteiger partial charge < -0.3 is 4.90 Å². The fourth-order valence-corrected chi connectivity index (χ4v) is 2.31. The molecule has 2 amide bonds. The third-order valence-electron chi connectivity index (χ3n) is 3.47. The Morgan fingerprint density at radius 2 is 1.94 bits per heavy atom. The number of likely N-dealkylation sites (tertiary alicyclic amines) is 1. The van der Waals surface area contributed by atoms with Crippen molar-refractivity contribution in [1.29, 1.82) is 0 Å². The van der Waals surface area contributed by atoms with Gasteiger partial charge in [-0.15, -0.1) is 0 Å². The number of amides is 2. The van der Waals surface area contributed by atoms with Crippen molar-refractivity contribution in [2.24, 2.45) is 5.92 Å². The van der Waals surface area contributed by atoms with Crippen LogP contribution >= 0.6 is 0 Å². The predicted octanol–water partition coefficient (Wildman–Crippen LogP) is 0.643. The fourth-order valence-electron chi connectivity index (χ4n) is 2.31. The third-order valence-corrected chi connectivity index (χ3v) is 3.47. The number of imide groups is 1. The number of nitrogens with zero attached hydrogens (tertiary/aromatic N) is 2. The van der Waals surface area contributed by atoms with Crippen LogP contribution in [0.3, 0.4) is 0 Å². The molecule has 0 aromatic heterocycles. The molecule has 1 saturated heterocycles. The molecule has 0 saturated carbocycles. The van der Waals surface area contributed by atoms with Crippen LogP contribution in [0.2, 0.25) is 0 Å². The maximum atomic E-state index is 11.7. The summed E-state index contributed by atoms with van der Waals surface area (Å²) in [6, 6.07) is 0. The van der Waals surface area contributed by atoms with Gasteiger partial charge in [-0.1, -0.05) is 0 Å². The van der Waals surface area contributed by atoms with Crippen molar-refractivity contribution in [2.75, 3.05) is 26.7 Å². The van der Waals surface area contributed by atoms with Crippen LogP contribution in [0.15, 0.2) is 11.6 Å². The number of carbonyl (C=O) groups is 2. The minimum Gasteiger partial charge on any atom is -0.306 e. The Bertz CT molecular complexity index is 341. The molecule has 4 heteroatoms. The Balaban J connectivity index is 1.91. The van der Waals surface area contributed by atoms with Gasteiger partial charge in [0.15, 0.2) is 0 Å². The van der Waals surface area contributed by atoms with E-state index in [1.54, 1.807) is 6.92 Å². The van der Waals surface area contributed by atoms with Crippen molar-refractivity contribution < 1.29 is 9.59 Å². The molecule has 2 aliphatic heterocycles. The molecule has 0 aromatic rings. The van der Waals surface area contributed by atoms with Gasteiger partial charge in [0.05, 0.1) is 0 Å². The molecule has 0 aliphatic carbocycles. The first-order chi connectivity index (χ1) is 7.58. The molecule has 1 fully saturated rings. The number of carbonyl (C=O) groups excluding carboxylic acids is 2. The van der Waals surface area contributed by atoms with Gasteiger partial charge in [-0.05, 0) is 45.8 Å². The van der Waals surface area contributed by atoms with Crippen molar-refractivity contribution in [1.82, 2.24) is 9.80 Å². The van der Waals surface area contributed by atoms with E-state index in [0.29, 0.717) is 18.0 Å². The monoisotopic (exact) mass is 222 g/mol. The zero-order chi connectivity index (χ0) is 11.7. The Labute approximate surface area is 95.9 Å². The smallest absolute Gasteiger partial charge is 0.256 e. The largest absolute Gasteiger partial charge is 0.306 e. The van der Waals surface area contributed by atoms with E-state index >= 15 is 0 Å². The van der Waals surface area contributed by atoms with Crippen molar-refractivity contribution in [3.05, 3.63) is 11.6 Å². The van der Waals surface area contributed by atoms with Crippen LogP contribution in [-0.4, -0.2) is 48.3 Å². The third kappa shape index (κ3) is 2.16. The van der Waals surface area contributed by atoms with Gasteiger partial charge in [-0.3, -0.25) is 14.5 Å². The molecule has 2 rings (SSSR count). The second-order valence-electron chi connectivity index (χ2n) is 4.83. The van der Waals surface area contributed by atoms with E-state index in [-0.39, 0.29) is 11.8 Å². The zero-order valence-electron chi connectivity index (χ0n) is 9.90. The predicted molar refractivity (Wildman–Crippen MR) is 60.7 cm³/mol. The lowest BCUT2D eigenvalue weighted by molar-refractivity contribution is -0.138. The summed E-state index contributed by atoms with van der Waals surface area (Å²) in [7, 11) is 2.11. The molecule has 0 aromatic carbocycles. The molecule has 0 N–H and O–H groups in total. The van der Waals surface area contributed by atoms with Crippen LogP contribution in [-0.2, 0) is 9.59 Å². The summed E-state index contributed by atoms with van der Waals surface area (Å²) in [5.74, 6) is 0.230. The SMILES string of the molecule is CC1=CC(=O)N(CC2CCN(C)CC2)C1=O. The van der Waals surface area contributed by atoms with Crippen LogP contribution in [0.4, 0.5) is 0 Å². The van der Waals surface area contributed by atoms with E-state index in [2.05, 4.69) is 11.9 Å². The van der Waals surface area contributed by atoms with Crippen molar-refractivity contribution in [3.8, 4) is 0 Å². The summed E-state index contributed by atoms with van der Waals surface area (Å²) < 4.78 is 0. The van der Waals surface area contributed by atoms with Gasteiger partial charge in [0, 0.05) is 18.2 Å². The highest BCUT2D eigenvalue weighted by molar-refractivity contribution is 6.15. The van der Waals surface area contributed by atoms with E-state index in [1.165, 1.54) is 11.0 Å². The van der Waals surface area contributed by atoms with Crippen LogP contribution in [0.25, 0.3) is 0 Å². The summed E-state index contributed by atoms with van der Waals surface area (Å²) in [4.78, 5) is 26.9. The van der Waals surface area contributed by atoms with E-state index in [1.807, 2.05) is 0 Å². The summed E-state index contributed by atoms with van der Waals surface area (Å²) in [5, 5.41) is 0. The highest BCUT2D eigenvalue weighted by Gasteiger charge is 2.31. The van der Waals surface area contributed by atoms with Crippen LogP contribution in [0, 0.1) is 5.92 Å². The molecular weight excluding hydrogens is 204 g/mol. The first kappa shape index (κ1) is 11.3. The van der Waals surface area contributed by atoms with Crippen LogP contribution in [0.5, 0.6) is 0 Å². The molecule has 0 spiro atoms. The fraction of sp³-hybridized carbons (Fsp3) is 0.667. The van der Waals surface area contributed by atoms with Gasteiger partial charge in [-0.2, -0.15) is 0 Å². The highest BCUT2D eigenvalue weighted by atomic mass is 16.2. The molecule has 0 atom stereocenters. The molecular formula is C12H18N2O2. The lowest BCUT2D eigenvalue weighted by Crippen LogP contribution is -2.40. The minimum absolute atomic E-state index is 0.107. The lowest BCUT2D eigenvalue weighted by Gasteiger charge is -2.31. The Hall–Kier alpha value is -1.16. The summed E-state index contributed by atoms with van der Waals surface area (Å²) in [5.41, 5.74) is 0.568. The van der Waals surface area contributed by atoms with Gasteiger partial charge in [-0.25, -0.2) is 0 Å². The molecule has 88 valence electrons. The summed E-state index contributed by atoms with van der Waals surface area (Å²) in [6.07, 6.45) is 3.59. The second-order valence-corrected chi connectivity index (χ2v) is 4.83. The average molecular weight is 222 g/mol. The maximum absolute atomic E-state index is 11.7. The van der Waals surface area contributed by atoms with Crippen molar-refractivity contribution in [3.63, 3.8) is 0 Å². The molecule has 4 nitrogen and oxygen atoms in total. The number of hydrogen-bond acceptors (Lipinski definition) is 3. The number of rotatable bonds is 2. The van der Waals surface area contributed by atoms with Crippen molar-refractivity contribution in [2.45, 2.75) is 19.8 Å². The van der Waals surface area contributed by atoms with Gasteiger partial charge in [0.1, 0.15) is 0 Å². The topological polar surface area (TPSA) is 40.6 Å². The zero-order valence-corrected chi connectivity index (χ0v) is 9.90. The van der Waals surface area contributed by atoms with E-state index in [9.17, 15) is 9.59 Å². The van der Waals surface area contributed by atoms with Crippen LogP contribution < -0.4 is 0 Å². The Morgan fingerprint density at radius 3 is 2.44 bits per heavy atom. The highest BCUT2D eigenvalue weighted by Crippen LogP contribution is 2.20. The molecule has 2 heterocycles. The summed E-state index contributed by atoms with van der Waals surface area (Å²) in [6.45, 7) is 4.43. The quantitative estimate of drug-likeness (QED) is 0.644. The lowest BCUT2D eigenvalue weighted by atomic mass is 9.96. The maximum Gasteiger partial charge on any atom is 0.256 e. The molecule has 0 radical (unpaired) electrons. The second kappa shape index (κ2) is 4.37. The molecule has 2 aliphatic rings. The van der Waals surface area contributed by atoms with Gasteiger partial charge >= 0.3 is 0 Å². The Kier molecular flexibility index (Phi) is 3.10. The normalized spacial score (nSPS) is 24.1. The standard InChI is InChI=1S/C12H18N2O2/c1-9-7-11(15)14(12(9)16)8-10-3-5-13(2)6-4-10/h7,10H,3-6,8H2,1-2H3. The van der Waals surface area contributed by atoms with Gasteiger partial charge in [0.25, 0.3) is 11.8 Å². The number of piperidine rings is 1. The van der Waals surface area contributed by atoms with Crippen LogP contribution in [0.1, 0.15) is 19.8 Å².